The number of carbonyl (C=O) groups is 3. The second-order valence-electron chi connectivity index (χ2n) is 6.11. The number of fused-ring (bicyclic) bond motifs is 1. The Labute approximate surface area is 161 Å². The van der Waals surface area contributed by atoms with E-state index >= 15 is 0 Å². The number of ether oxygens (including phenoxy) is 2. The summed E-state index contributed by atoms with van der Waals surface area (Å²) >= 11 is 0. The molecule has 8 heteroatoms. The number of esters is 1. The van der Waals surface area contributed by atoms with E-state index in [1.165, 1.54) is 13.0 Å². The molecule has 28 heavy (non-hydrogen) atoms. The van der Waals surface area contributed by atoms with Crippen LogP contribution in [0, 0.1) is 11.3 Å². The molecule has 142 valence electrons. The summed E-state index contributed by atoms with van der Waals surface area (Å²) in [6.45, 7) is 1.42. The third kappa shape index (κ3) is 4.45. The van der Waals surface area contributed by atoms with Gasteiger partial charge in [0.2, 0.25) is 0 Å². The number of nitrogens with one attached hydrogen (secondary N) is 2. The fourth-order valence-corrected chi connectivity index (χ4v) is 2.59. The lowest BCUT2D eigenvalue weighted by Gasteiger charge is -2.25. The molecule has 8 nitrogen and oxygen atoms in total. The predicted octanol–water partition coefficient (Wildman–Crippen LogP) is 2.22. The zero-order chi connectivity index (χ0) is 20.1. The smallest absolute Gasteiger partial charge is 0.310 e. The second-order valence-corrected chi connectivity index (χ2v) is 6.11. The van der Waals surface area contributed by atoms with E-state index in [-0.39, 0.29) is 6.42 Å². The number of para-hydroxylation sites is 2. The highest BCUT2D eigenvalue weighted by atomic mass is 16.6. The Kier molecular flexibility index (Phi) is 5.56. The van der Waals surface area contributed by atoms with Crippen LogP contribution in [0.1, 0.15) is 18.9 Å². The van der Waals surface area contributed by atoms with Crippen LogP contribution in [0.2, 0.25) is 0 Å². The van der Waals surface area contributed by atoms with Crippen LogP contribution in [-0.2, 0) is 19.1 Å². The third-order valence-electron chi connectivity index (χ3n) is 4.00. The molecule has 0 unspecified atom stereocenters. The number of rotatable bonds is 5. The lowest BCUT2D eigenvalue weighted by molar-refractivity contribution is -0.155. The van der Waals surface area contributed by atoms with Crippen molar-refractivity contribution >= 4 is 29.2 Å². The van der Waals surface area contributed by atoms with E-state index < -0.39 is 30.0 Å². The average Bonchev–Trinajstić information content (AvgIpc) is 2.68. The van der Waals surface area contributed by atoms with Crippen LogP contribution >= 0.6 is 0 Å². The molecule has 0 saturated heterocycles. The van der Waals surface area contributed by atoms with Crippen molar-refractivity contribution in [2.24, 2.45) is 0 Å². The molecular weight excluding hydrogens is 362 g/mol. The molecule has 2 atom stereocenters. The molecule has 1 aliphatic rings. The summed E-state index contributed by atoms with van der Waals surface area (Å²) in [5.41, 5.74) is 1.34. The summed E-state index contributed by atoms with van der Waals surface area (Å²) in [6, 6.07) is 15.2. The van der Waals surface area contributed by atoms with Crippen LogP contribution in [0.4, 0.5) is 11.4 Å². The first kappa shape index (κ1) is 18.9. The molecule has 0 saturated carbocycles. The van der Waals surface area contributed by atoms with Gasteiger partial charge in [0.15, 0.2) is 12.2 Å². The molecule has 2 aromatic carbocycles. The van der Waals surface area contributed by atoms with Crippen molar-refractivity contribution in [1.82, 2.24) is 0 Å². The van der Waals surface area contributed by atoms with E-state index in [0.717, 1.165) is 0 Å². The van der Waals surface area contributed by atoms with Gasteiger partial charge >= 0.3 is 5.97 Å². The molecule has 2 amide bonds. The Balaban J connectivity index is 1.55. The van der Waals surface area contributed by atoms with Gasteiger partial charge in [-0.25, -0.2) is 0 Å². The van der Waals surface area contributed by atoms with Crippen molar-refractivity contribution in [3.05, 3.63) is 54.1 Å². The maximum Gasteiger partial charge on any atom is 0.310 e. The van der Waals surface area contributed by atoms with Gasteiger partial charge in [-0.2, -0.15) is 5.26 Å². The molecule has 0 spiro atoms. The first-order valence-corrected chi connectivity index (χ1v) is 8.53. The molecular formula is C20H17N3O5. The Morgan fingerprint density at radius 1 is 1.29 bits per heavy atom. The monoisotopic (exact) mass is 379 g/mol. The maximum atomic E-state index is 12.2. The molecule has 2 aromatic rings. The van der Waals surface area contributed by atoms with Gasteiger partial charge in [-0.05, 0) is 37.3 Å². The van der Waals surface area contributed by atoms with Gasteiger partial charge in [-0.1, -0.05) is 18.2 Å². The van der Waals surface area contributed by atoms with Gasteiger partial charge < -0.3 is 20.1 Å². The first-order chi connectivity index (χ1) is 13.5. The standard InChI is InChI=1S/C20H17N3O5/c1-12(19(25)22-14-6-4-5-13(9-14)11-21)27-18(24)10-17-20(26)23-15-7-2-3-8-16(15)28-17/h2-9,12,17H,10H2,1H3,(H,22,25)(H,23,26)/t12-,17-/m1/s1. The van der Waals surface area contributed by atoms with Crippen LogP contribution in [0.5, 0.6) is 5.75 Å². The summed E-state index contributed by atoms with van der Waals surface area (Å²) in [6.07, 6.45) is -2.45. The summed E-state index contributed by atoms with van der Waals surface area (Å²) in [5, 5.41) is 14.1. The van der Waals surface area contributed by atoms with Crippen molar-refractivity contribution in [3.63, 3.8) is 0 Å². The van der Waals surface area contributed by atoms with E-state index in [2.05, 4.69) is 10.6 Å². The normalized spacial score (nSPS) is 15.9. The number of amides is 2. The van der Waals surface area contributed by atoms with Gasteiger partial charge in [0.05, 0.1) is 23.7 Å². The summed E-state index contributed by atoms with van der Waals surface area (Å²) in [5.74, 6) is -1.29. The van der Waals surface area contributed by atoms with Gasteiger partial charge in [0.1, 0.15) is 5.75 Å². The maximum absolute atomic E-state index is 12.2. The van der Waals surface area contributed by atoms with Crippen molar-refractivity contribution in [1.29, 1.82) is 5.26 Å². The SMILES string of the molecule is C[C@@H](OC(=O)C[C@H]1Oc2ccccc2NC1=O)C(=O)Nc1cccc(C#N)c1. The van der Waals surface area contributed by atoms with E-state index in [1.54, 1.807) is 42.5 Å². The first-order valence-electron chi connectivity index (χ1n) is 8.53. The number of nitriles is 1. The molecule has 1 heterocycles. The quantitative estimate of drug-likeness (QED) is 0.769. The van der Waals surface area contributed by atoms with Gasteiger partial charge in [-0.3, -0.25) is 14.4 Å². The largest absolute Gasteiger partial charge is 0.478 e. The second kappa shape index (κ2) is 8.22. The Morgan fingerprint density at radius 2 is 2.07 bits per heavy atom. The summed E-state index contributed by atoms with van der Waals surface area (Å²) in [7, 11) is 0. The number of nitrogens with zero attached hydrogens (tertiary/aromatic N) is 1. The molecule has 0 fully saturated rings. The number of anilines is 2. The van der Waals surface area contributed by atoms with Crippen LogP contribution in [0.25, 0.3) is 0 Å². The van der Waals surface area contributed by atoms with Crippen LogP contribution in [0.15, 0.2) is 48.5 Å². The van der Waals surface area contributed by atoms with Crippen LogP contribution in [-0.4, -0.2) is 30.0 Å². The molecule has 2 N–H and O–H groups in total. The van der Waals surface area contributed by atoms with E-state index in [1.807, 2.05) is 6.07 Å². The molecule has 1 aliphatic heterocycles. The van der Waals surface area contributed by atoms with Crippen molar-refractivity contribution in [2.45, 2.75) is 25.6 Å². The summed E-state index contributed by atoms with van der Waals surface area (Å²) < 4.78 is 10.6. The number of carbonyl (C=O) groups excluding carboxylic acids is 3. The van der Waals surface area contributed by atoms with Crippen molar-refractivity contribution in [2.75, 3.05) is 10.6 Å². The zero-order valence-corrected chi connectivity index (χ0v) is 15.0. The zero-order valence-electron chi connectivity index (χ0n) is 15.0. The van der Waals surface area contributed by atoms with Gasteiger partial charge in [-0.15, -0.1) is 0 Å². The number of benzene rings is 2. The third-order valence-corrected chi connectivity index (χ3v) is 4.00. The molecule has 0 bridgehead atoms. The van der Waals surface area contributed by atoms with E-state index in [0.29, 0.717) is 22.7 Å². The lowest BCUT2D eigenvalue weighted by Crippen LogP contribution is -2.40. The highest BCUT2D eigenvalue weighted by Gasteiger charge is 2.31. The minimum Gasteiger partial charge on any atom is -0.478 e. The molecule has 3 rings (SSSR count). The lowest BCUT2D eigenvalue weighted by atomic mass is 10.1. The van der Waals surface area contributed by atoms with Crippen LogP contribution in [0.3, 0.4) is 0 Å². The fourth-order valence-electron chi connectivity index (χ4n) is 2.59. The van der Waals surface area contributed by atoms with E-state index in [4.69, 9.17) is 14.7 Å². The summed E-state index contributed by atoms with van der Waals surface area (Å²) in [4.78, 5) is 36.4. The van der Waals surface area contributed by atoms with Crippen molar-refractivity contribution < 1.29 is 23.9 Å². The predicted molar refractivity (Wildman–Crippen MR) is 99.4 cm³/mol. The minimum atomic E-state index is -1.09. The molecule has 0 aromatic heterocycles. The van der Waals surface area contributed by atoms with Crippen molar-refractivity contribution in [3.8, 4) is 11.8 Å². The Morgan fingerprint density at radius 3 is 2.86 bits per heavy atom. The number of hydrogen-bond acceptors (Lipinski definition) is 6. The Hall–Kier alpha value is -3.86. The van der Waals surface area contributed by atoms with Gasteiger partial charge in [0, 0.05) is 5.69 Å². The van der Waals surface area contributed by atoms with Crippen LogP contribution < -0.4 is 15.4 Å². The Bertz CT molecular complexity index is 966. The highest BCUT2D eigenvalue weighted by Crippen LogP contribution is 2.29. The fraction of sp³-hybridized carbons (Fsp3) is 0.200. The molecule has 0 aliphatic carbocycles. The highest BCUT2D eigenvalue weighted by molar-refractivity contribution is 6.00. The topological polar surface area (TPSA) is 118 Å². The van der Waals surface area contributed by atoms with Gasteiger partial charge in [0.25, 0.3) is 11.8 Å². The van der Waals surface area contributed by atoms with E-state index in [9.17, 15) is 14.4 Å². The molecule has 0 radical (unpaired) electrons. The average molecular weight is 379 g/mol. The number of hydrogen-bond donors (Lipinski definition) is 2. The minimum absolute atomic E-state index is 0.332.